The van der Waals surface area contributed by atoms with Crippen LogP contribution < -0.4 is 19.6 Å². The van der Waals surface area contributed by atoms with E-state index < -0.39 is 23.7 Å². The first-order valence-corrected chi connectivity index (χ1v) is 11.3. The van der Waals surface area contributed by atoms with Crippen molar-refractivity contribution in [1.82, 2.24) is 0 Å². The van der Waals surface area contributed by atoms with Gasteiger partial charge in [-0.2, -0.15) is 0 Å². The number of carbonyl (C=O) groups is 4. The lowest BCUT2D eigenvalue weighted by molar-refractivity contribution is -1.02. The van der Waals surface area contributed by atoms with Crippen LogP contribution >= 0.6 is 0 Å². The van der Waals surface area contributed by atoms with Gasteiger partial charge in [0.2, 0.25) is 11.8 Å². The molecule has 3 aliphatic heterocycles. The molecule has 3 saturated heterocycles. The average molecular weight is 470 g/mol. The summed E-state index contributed by atoms with van der Waals surface area (Å²) in [6, 6.07) is 9.50. The van der Waals surface area contributed by atoms with Gasteiger partial charge in [-0.25, -0.2) is 18.6 Å². The number of amides is 4. The Morgan fingerprint density at radius 2 is 0.912 bits per heavy atom. The Balaban J connectivity index is 1.23. The molecule has 2 N–H and O–H groups in total. The van der Waals surface area contributed by atoms with Gasteiger partial charge in [-0.3, -0.25) is 19.2 Å². The summed E-state index contributed by atoms with van der Waals surface area (Å²) >= 11 is 0. The lowest BCUT2D eigenvalue weighted by atomic mass is 10.1. The van der Waals surface area contributed by atoms with Crippen molar-refractivity contribution in [2.45, 2.75) is 24.9 Å². The van der Waals surface area contributed by atoms with Crippen molar-refractivity contribution in [1.29, 1.82) is 0 Å². The minimum Gasteiger partial charge on any atom is -0.315 e. The molecule has 0 bridgehead atoms. The Hall–Kier alpha value is -3.50. The number of anilines is 2. The van der Waals surface area contributed by atoms with Gasteiger partial charge in [-0.1, -0.05) is 0 Å². The third-order valence-electron chi connectivity index (χ3n) is 6.98. The molecule has 0 unspecified atom stereocenters. The normalized spacial score (nSPS) is 27.7. The summed E-state index contributed by atoms with van der Waals surface area (Å²) in [4.78, 5) is 55.3. The standard InChI is InChI=1S/C24H22F2N4O4/c25-15-1-5-17(6-2-15)29-21(31)13-19(23(29)33)27-9-11-28(12-10-27)20-14-22(32)30(24(20)34)18-7-3-16(26)4-8-18/h1-8,19-20H,9-14H2/p+2/t19-,20+. The molecule has 0 aromatic heterocycles. The highest BCUT2D eigenvalue weighted by Crippen LogP contribution is 2.23. The predicted molar refractivity (Wildman–Crippen MR) is 116 cm³/mol. The highest BCUT2D eigenvalue weighted by molar-refractivity contribution is 6.22. The first-order valence-electron chi connectivity index (χ1n) is 11.3. The summed E-state index contributed by atoms with van der Waals surface area (Å²) < 4.78 is 26.5. The molecule has 0 saturated carbocycles. The molecule has 0 aliphatic carbocycles. The van der Waals surface area contributed by atoms with Crippen LogP contribution in [0.5, 0.6) is 0 Å². The quantitative estimate of drug-likeness (QED) is 0.545. The zero-order valence-corrected chi connectivity index (χ0v) is 18.3. The average Bonchev–Trinajstić information content (AvgIpc) is 3.29. The maximum Gasteiger partial charge on any atom is 0.292 e. The van der Waals surface area contributed by atoms with Crippen LogP contribution in [0.2, 0.25) is 0 Å². The van der Waals surface area contributed by atoms with Crippen molar-refractivity contribution >= 4 is 35.0 Å². The van der Waals surface area contributed by atoms with E-state index >= 15 is 0 Å². The molecule has 0 spiro atoms. The van der Waals surface area contributed by atoms with Crippen LogP contribution in [-0.4, -0.2) is 61.9 Å². The van der Waals surface area contributed by atoms with Crippen LogP contribution in [0.3, 0.4) is 0 Å². The van der Waals surface area contributed by atoms with Crippen molar-refractivity contribution in [3.8, 4) is 0 Å². The molecule has 10 heteroatoms. The number of hydrogen-bond acceptors (Lipinski definition) is 4. The van der Waals surface area contributed by atoms with Gasteiger partial charge in [-0.15, -0.1) is 0 Å². The Kier molecular flexibility index (Phi) is 5.70. The van der Waals surface area contributed by atoms with E-state index in [9.17, 15) is 28.0 Å². The van der Waals surface area contributed by atoms with Crippen LogP contribution in [0, 0.1) is 11.6 Å². The van der Waals surface area contributed by atoms with Crippen molar-refractivity contribution < 1.29 is 37.8 Å². The lowest BCUT2D eigenvalue weighted by Gasteiger charge is -2.34. The third kappa shape index (κ3) is 3.88. The molecule has 3 heterocycles. The maximum absolute atomic E-state index is 13.2. The van der Waals surface area contributed by atoms with Gasteiger partial charge in [0.1, 0.15) is 37.8 Å². The maximum atomic E-state index is 13.2. The number of imide groups is 2. The smallest absolute Gasteiger partial charge is 0.292 e. The number of halogens is 2. The van der Waals surface area contributed by atoms with Crippen LogP contribution in [0.25, 0.3) is 0 Å². The fourth-order valence-corrected chi connectivity index (χ4v) is 5.21. The van der Waals surface area contributed by atoms with Crippen molar-refractivity contribution in [3.05, 3.63) is 60.2 Å². The van der Waals surface area contributed by atoms with Crippen LogP contribution in [0.1, 0.15) is 12.8 Å². The minimum absolute atomic E-state index is 0.0834. The topological polar surface area (TPSA) is 83.6 Å². The zero-order valence-electron chi connectivity index (χ0n) is 18.3. The van der Waals surface area contributed by atoms with E-state index in [0.29, 0.717) is 37.6 Å². The Morgan fingerprint density at radius 3 is 1.24 bits per heavy atom. The van der Waals surface area contributed by atoms with Gasteiger partial charge in [0.25, 0.3) is 11.8 Å². The first kappa shape index (κ1) is 22.3. The summed E-state index contributed by atoms with van der Waals surface area (Å²) in [7, 11) is 0. The number of benzene rings is 2. The van der Waals surface area contributed by atoms with Gasteiger partial charge in [0.05, 0.1) is 24.2 Å². The molecule has 2 aromatic carbocycles. The highest BCUT2D eigenvalue weighted by Gasteiger charge is 2.50. The molecule has 2 aromatic rings. The van der Waals surface area contributed by atoms with E-state index in [2.05, 4.69) is 0 Å². The van der Waals surface area contributed by atoms with Gasteiger partial charge in [0.15, 0.2) is 12.1 Å². The second-order valence-electron chi connectivity index (χ2n) is 8.92. The number of quaternary nitrogens is 2. The minimum atomic E-state index is -0.518. The van der Waals surface area contributed by atoms with Crippen LogP contribution in [0.4, 0.5) is 20.2 Å². The fourth-order valence-electron chi connectivity index (χ4n) is 5.21. The number of hydrogen-bond donors (Lipinski definition) is 2. The van der Waals surface area contributed by atoms with Gasteiger partial charge in [0, 0.05) is 0 Å². The molecule has 3 fully saturated rings. The Labute approximate surface area is 194 Å². The summed E-state index contributed by atoms with van der Waals surface area (Å²) in [5.74, 6) is -2.11. The van der Waals surface area contributed by atoms with Crippen LogP contribution in [0.15, 0.2) is 48.5 Å². The first-order chi connectivity index (χ1) is 16.3. The zero-order chi connectivity index (χ0) is 24.0. The van der Waals surface area contributed by atoms with Crippen molar-refractivity contribution in [2.75, 3.05) is 36.0 Å². The molecule has 4 amide bonds. The molecule has 34 heavy (non-hydrogen) atoms. The molecule has 3 aliphatic rings. The molecule has 176 valence electrons. The van der Waals surface area contributed by atoms with Crippen LogP contribution in [-0.2, 0) is 19.2 Å². The largest absolute Gasteiger partial charge is 0.315 e. The second kappa shape index (κ2) is 8.69. The van der Waals surface area contributed by atoms with Gasteiger partial charge >= 0.3 is 0 Å². The summed E-state index contributed by atoms with van der Waals surface area (Å²) in [5.41, 5.74) is 0.719. The highest BCUT2D eigenvalue weighted by atomic mass is 19.1. The molecular weight excluding hydrogens is 446 g/mol. The lowest BCUT2D eigenvalue weighted by Crippen LogP contribution is -3.31. The number of piperazine rings is 1. The molecule has 0 radical (unpaired) electrons. The SMILES string of the molecule is O=C1C[C@@H]([NH+]2CC[NH+]([C@H]3CC(=O)N(c4ccc(F)cc4)C3=O)CC2)C(=O)N1c1ccc(F)cc1. The Bertz CT molecular complexity index is 1060. The fraction of sp³-hybridized carbons (Fsp3) is 0.333. The van der Waals surface area contributed by atoms with E-state index in [4.69, 9.17) is 0 Å². The number of nitrogens with zero attached hydrogens (tertiary/aromatic N) is 2. The predicted octanol–water partition coefficient (Wildman–Crippen LogP) is -1.29. The van der Waals surface area contributed by atoms with E-state index in [0.717, 1.165) is 19.6 Å². The molecule has 2 atom stereocenters. The van der Waals surface area contributed by atoms with E-state index in [1.54, 1.807) is 0 Å². The van der Waals surface area contributed by atoms with Gasteiger partial charge in [-0.05, 0) is 48.5 Å². The molecule has 8 nitrogen and oxygen atoms in total. The van der Waals surface area contributed by atoms with Gasteiger partial charge < -0.3 is 9.80 Å². The molecule has 5 rings (SSSR count). The number of nitrogens with one attached hydrogen (secondary N) is 2. The monoisotopic (exact) mass is 470 g/mol. The van der Waals surface area contributed by atoms with E-state index in [1.165, 1.54) is 48.5 Å². The van der Waals surface area contributed by atoms with E-state index in [1.807, 2.05) is 0 Å². The van der Waals surface area contributed by atoms with Crippen molar-refractivity contribution in [3.63, 3.8) is 0 Å². The third-order valence-corrected chi connectivity index (χ3v) is 6.98. The second-order valence-corrected chi connectivity index (χ2v) is 8.92. The summed E-state index contributed by atoms with van der Waals surface area (Å²) in [6.07, 6.45) is 0.167. The van der Waals surface area contributed by atoms with E-state index in [-0.39, 0.29) is 36.5 Å². The number of carbonyl (C=O) groups excluding carboxylic acids is 4. The summed E-state index contributed by atoms with van der Waals surface area (Å²) in [6.45, 7) is 2.30. The summed E-state index contributed by atoms with van der Waals surface area (Å²) in [5, 5.41) is 0. The van der Waals surface area contributed by atoms with Crippen molar-refractivity contribution in [2.24, 2.45) is 0 Å². The molecular formula is C24H24F2N4O4+2. The number of rotatable bonds is 4. The Morgan fingerprint density at radius 1 is 0.588 bits per heavy atom.